The fourth-order valence-electron chi connectivity index (χ4n) is 3.79. The van der Waals surface area contributed by atoms with E-state index in [2.05, 4.69) is 4.98 Å². The Bertz CT molecular complexity index is 1090. The molecule has 160 valence electrons. The number of carbonyl (C=O) groups excluding carboxylic acids is 2. The number of aliphatic hydroxyl groups is 1. The van der Waals surface area contributed by atoms with Gasteiger partial charge in [0, 0.05) is 25.5 Å². The highest BCUT2D eigenvalue weighted by atomic mass is 16.5. The number of furan rings is 1. The number of aromatic nitrogens is 2. The molecule has 4 rings (SSSR count). The average Bonchev–Trinajstić information content (AvgIpc) is 3.52. The molecule has 0 fully saturated rings. The van der Waals surface area contributed by atoms with Crippen LogP contribution in [0.4, 0.5) is 0 Å². The highest BCUT2D eigenvalue weighted by Crippen LogP contribution is 2.40. The molecular weight excluding hydrogens is 398 g/mol. The van der Waals surface area contributed by atoms with E-state index in [1.54, 1.807) is 30.7 Å². The molecule has 0 unspecified atom stereocenters. The van der Waals surface area contributed by atoms with Gasteiger partial charge in [0.15, 0.2) is 11.5 Å². The first kappa shape index (κ1) is 20.5. The van der Waals surface area contributed by atoms with Crippen molar-refractivity contribution < 1.29 is 23.8 Å². The zero-order chi connectivity index (χ0) is 21.8. The second-order valence-electron chi connectivity index (χ2n) is 7.13. The quantitative estimate of drug-likeness (QED) is 0.531. The second kappa shape index (κ2) is 8.91. The fraction of sp³-hybridized carbons (Fsp3) is 0.261. The van der Waals surface area contributed by atoms with Gasteiger partial charge in [-0.25, -0.2) is 4.98 Å². The summed E-state index contributed by atoms with van der Waals surface area (Å²) in [6.45, 7) is 3.37. The third-order valence-corrected chi connectivity index (χ3v) is 5.15. The molecule has 1 amide bonds. The van der Waals surface area contributed by atoms with Gasteiger partial charge in [-0.3, -0.25) is 9.59 Å². The third-order valence-electron chi connectivity index (χ3n) is 5.15. The predicted octanol–water partition coefficient (Wildman–Crippen LogP) is 3.54. The van der Waals surface area contributed by atoms with Crippen molar-refractivity contribution in [3.05, 3.63) is 84.0 Å². The molecule has 0 aliphatic carbocycles. The summed E-state index contributed by atoms with van der Waals surface area (Å²) in [4.78, 5) is 31.6. The maximum atomic E-state index is 13.1. The number of ketones is 1. The van der Waals surface area contributed by atoms with E-state index < -0.39 is 23.5 Å². The summed E-state index contributed by atoms with van der Waals surface area (Å²) in [6, 6.07) is 9.59. The van der Waals surface area contributed by atoms with E-state index in [0.717, 1.165) is 0 Å². The molecule has 1 aliphatic heterocycles. The second-order valence-corrected chi connectivity index (χ2v) is 7.13. The van der Waals surface area contributed by atoms with Crippen molar-refractivity contribution in [3.63, 3.8) is 0 Å². The van der Waals surface area contributed by atoms with Crippen LogP contribution in [0.25, 0.3) is 0 Å². The van der Waals surface area contributed by atoms with Gasteiger partial charge in [-0.2, -0.15) is 0 Å². The number of benzene rings is 1. The standard InChI is InChI=1S/C23H23N3O5/c1-2-30-17-7-3-6-16(14-17)20-19(21(27)18-8-4-13-31-18)22(28)23(29)26(20)11-5-10-25-12-9-24-15-25/h3-4,6-9,12-15,20,28H,2,5,10-11H2,1H3/t20-/m0/s1. The normalized spacial score (nSPS) is 16.2. The lowest BCUT2D eigenvalue weighted by Gasteiger charge is -2.27. The van der Waals surface area contributed by atoms with Crippen molar-refractivity contribution in [2.45, 2.75) is 25.9 Å². The minimum Gasteiger partial charge on any atom is -0.503 e. The molecule has 0 saturated carbocycles. The number of Topliss-reactive ketones (excluding diaryl/α,β-unsaturated/α-hetero) is 1. The lowest BCUT2D eigenvalue weighted by atomic mass is 9.95. The van der Waals surface area contributed by atoms with E-state index >= 15 is 0 Å². The summed E-state index contributed by atoms with van der Waals surface area (Å²) in [6.07, 6.45) is 7.25. The van der Waals surface area contributed by atoms with Gasteiger partial charge in [-0.15, -0.1) is 0 Å². The molecule has 1 N–H and O–H groups in total. The summed E-state index contributed by atoms with van der Waals surface area (Å²) in [5, 5.41) is 10.7. The Kier molecular flexibility index (Phi) is 5.88. The van der Waals surface area contributed by atoms with Gasteiger partial charge in [0.05, 0.1) is 30.8 Å². The van der Waals surface area contributed by atoms with E-state index in [1.165, 1.54) is 17.2 Å². The summed E-state index contributed by atoms with van der Waals surface area (Å²) in [5.41, 5.74) is 0.692. The zero-order valence-electron chi connectivity index (χ0n) is 17.1. The Labute approximate surface area is 179 Å². The van der Waals surface area contributed by atoms with Gasteiger partial charge in [-0.05, 0) is 43.2 Å². The molecule has 31 heavy (non-hydrogen) atoms. The van der Waals surface area contributed by atoms with Crippen LogP contribution in [0.1, 0.15) is 35.5 Å². The molecule has 0 spiro atoms. The molecule has 1 aromatic carbocycles. The van der Waals surface area contributed by atoms with Crippen molar-refractivity contribution in [3.8, 4) is 5.75 Å². The lowest BCUT2D eigenvalue weighted by Crippen LogP contribution is -2.32. The van der Waals surface area contributed by atoms with Gasteiger partial charge >= 0.3 is 0 Å². The van der Waals surface area contributed by atoms with Crippen LogP contribution < -0.4 is 4.74 Å². The van der Waals surface area contributed by atoms with E-state index in [1.807, 2.05) is 29.8 Å². The monoisotopic (exact) mass is 421 g/mol. The van der Waals surface area contributed by atoms with Crippen molar-refractivity contribution in [1.29, 1.82) is 0 Å². The number of hydrogen-bond acceptors (Lipinski definition) is 6. The number of nitrogens with zero attached hydrogens (tertiary/aromatic N) is 3. The van der Waals surface area contributed by atoms with Crippen molar-refractivity contribution in [2.75, 3.05) is 13.2 Å². The maximum absolute atomic E-state index is 13.1. The van der Waals surface area contributed by atoms with E-state index in [-0.39, 0.29) is 11.3 Å². The van der Waals surface area contributed by atoms with Crippen LogP contribution in [0.2, 0.25) is 0 Å². The Morgan fingerprint density at radius 2 is 2.13 bits per heavy atom. The first-order chi connectivity index (χ1) is 15.1. The Balaban J connectivity index is 1.67. The predicted molar refractivity (Wildman–Crippen MR) is 112 cm³/mol. The maximum Gasteiger partial charge on any atom is 0.290 e. The van der Waals surface area contributed by atoms with Crippen molar-refractivity contribution in [2.24, 2.45) is 0 Å². The molecule has 1 atom stereocenters. The van der Waals surface area contributed by atoms with E-state index in [4.69, 9.17) is 9.15 Å². The summed E-state index contributed by atoms with van der Waals surface area (Å²) in [7, 11) is 0. The number of ether oxygens (including phenoxy) is 1. The first-order valence-electron chi connectivity index (χ1n) is 10.1. The molecule has 0 bridgehead atoms. The van der Waals surface area contributed by atoms with Gasteiger partial charge in [-0.1, -0.05) is 12.1 Å². The van der Waals surface area contributed by atoms with Crippen LogP contribution >= 0.6 is 0 Å². The Morgan fingerprint density at radius 1 is 1.26 bits per heavy atom. The van der Waals surface area contributed by atoms with Gasteiger partial charge in [0.25, 0.3) is 5.91 Å². The van der Waals surface area contributed by atoms with Gasteiger partial charge in [0.1, 0.15) is 5.75 Å². The van der Waals surface area contributed by atoms with Crippen molar-refractivity contribution in [1.82, 2.24) is 14.5 Å². The minimum absolute atomic E-state index is 0.0104. The van der Waals surface area contributed by atoms with E-state index in [0.29, 0.717) is 37.4 Å². The molecule has 3 heterocycles. The summed E-state index contributed by atoms with van der Waals surface area (Å²) < 4.78 is 12.8. The van der Waals surface area contributed by atoms with Crippen LogP contribution in [-0.2, 0) is 11.3 Å². The van der Waals surface area contributed by atoms with Gasteiger partial charge < -0.3 is 23.7 Å². The summed E-state index contributed by atoms with van der Waals surface area (Å²) >= 11 is 0. The Hall–Kier alpha value is -3.81. The number of amides is 1. The molecule has 3 aromatic rings. The molecule has 2 aromatic heterocycles. The van der Waals surface area contributed by atoms with Gasteiger partial charge in [0.2, 0.25) is 5.78 Å². The van der Waals surface area contributed by atoms with Crippen LogP contribution in [0.5, 0.6) is 5.75 Å². The number of hydrogen-bond donors (Lipinski definition) is 1. The topological polar surface area (TPSA) is 97.8 Å². The van der Waals surface area contributed by atoms with Crippen molar-refractivity contribution >= 4 is 11.7 Å². The first-order valence-corrected chi connectivity index (χ1v) is 10.1. The van der Waals surface area contributed by atoms with E-state index in [9.17, 15) is 14.7 Å². The number of aryl methyl sites for hydroxylation is 1. The molecule has 0 radical (unpaired) electrons. The molecule has 8 nitrogen and oxygen atoms in total. The van der Waals surface area contributed by atoms with Crippen LogP contribution in [-0.4, -0.2) is 44.4 Å². The molecule has 1 aliphatic rings. The summed E-state index contributed by atoms with van der Waals surface area (Å²) in [5.74, 6) is -0.939. The fourth-order valence-corrected chi connectivity index (χ4v) is 3.79. The van der Waals surface area contributed by atoms with Crippen LogP contribution in [0, 0.1) is 0 Å². The number of imidazole rings is 1. The third kappa shape index (κ3) is 4.09. The number of rotatable bonds is 9. The molecular formula is C23H23N3O5. The largest absolute Gasteiger partial charge is 0.503 e. The highest BCUT2D eigenvalue weighted by molar-refractivity contribution is 6.15. The van der Waals surface area contributed by atoms with Crippen LogP contribution in [0.15, 0.2) is 77.1 Å². The highest BCUT2D eigenvalue weighted by Gasteiger charge is 2.44. The molecule has 8 heteroatoms. The van der Waals surface area contributed by atoms with Crippen LogP contribution in [0.3, 0.4) is 0 Å². The smallest absolute Gasteiger partial charge is 0.290 e. The minimum atomic E-state index is -0.742. The lowest BCUT2D eigenvalue weighted by molar-refractivity contribution is -0.129. The molecule has 0 saturated heterocycles. The number of carbonyl (C=O) groups is 2. The zero-order valence-corrected chi connectivity index (χ0v) is 17.1. The SMILES string of the molecule is CCOc1cccc([C@H]2C(C(=O)c3ccco3)=C(O)C(=O)N2CCCn2ccnc2)c1. The Morgan fingerprint density at radius 3 is 2.84 bits per heavy atom. The number of aliphatic hydroxyl groups excluding tert-OH is 1. The average molecular weight is 421 g/mol.